The van der Waals surface area contributed by atoms with Gasteiger partial charge in [0.2, 0.25) is 0 Å². The van der Waals surface area contributed by atoms with Crippen LogP contribution in [0.3, 0.4) is 0 Å². The molecule has 1 aromatic carbocycles. The van der Waals surface area contributed by atoms with Crippen molar-refractivity contribution in [1.82, 2.24) is 0 Å². The second kappa shape index (κ2) is 5.76. The lowest BCUT2D eigenvalue weighted by molar-refractivity contribution is -0.248. The molecule has 1 aromatic rings. The van der Waals surface area contributed by atoms with E-state index in [1.54, 1.807) is 0 Å². The summed E-state index contributed by atoms with van der Waals surface area (Å²) in [5.74, 6) is -2.85. The summed E-state index contributed by atoms with van der Waals surface area (Å²) in [6, 6.07) is 2.55. The molecule has 1 N–H and O–H groups in total. The largest absolute Gasteiger partial charge is 0.441 e. The van der Waals surface area contributed by atoms with Crippen molar-refractivity contribution < 1.29 is 48.8 Å². The van der Waals surface area contributed by atoms with Crippen molar-refractivity contribution in [3.05, 3.63) is 35.6 Å². The number of esters is 1. The minimum absolute atomic E-state index is 0.636. The molecule has 1 rings (SSSR count). The number of benzene rings is 1. The summed E-state index contributed by atoms with van der Waals surface area (Å²) < 4.78 is 109. The molecule has 5 nitrogen and oxygen atoms in total. The lowest BCUT2D eigenvalue weighted by atomic mass is 10.2. The zero-order valence-corrected chi connectivity index (χ0v) is 11.0. The van der Waals surface area contributed by atoms with Crippen LogP contribution in [0.25, 0.3) is 0 Å². The normalized spacial score (nSPS) is 14.5. The summed E-state index contributed by atoms with van der Waals surface area (Å²) in [5.41, 5.74) is -0.734. The molecule has 12 heteroatoms. The molecule has 0 heterocycles. The zero-order valence-electron chi connectivity index (χ0n) is 10.1. The van der Waals surface area contributed by atoms with Crippen molar-refractivity contribution in [3.8, 4) is 0 Å². The molecule has 0 amide bonds. The number of ether oxygens (including phenoxy) is 1. The summed E-state index contributed by atoms with van der Waals surface area (Å²) in [6.07, 6.45) is -10.4. The van der Waals surface area contributed by atoms with Gasteiger partial charge in [-0.05, 0) is 24.3 Å². The van der Waals surface area contributed by atoms with Crippen LogP contribution in [0.4, 0.5) is 26.3 Å². The Hall–Kier alpha value is -1.82. The van der Waals surface area contributed by atoms with Gasteiger partial charge in [-0.25, -0.2) is 9.18 Å². The first-order valence-electron chi connectivity index (χ1n) is 5.15. The Morgan fingerprint density at radius 2 is 1.55 bits per heavy atom. The molecule has 1 unspecified atom stereocenters. The van der Waals surface area contributed by atoms with Gasteiger partial charge in [0, 0.05) is 0 Å². The molecule has 0 fully saturated rings. The summed E-state index contributed by atoms with van der Waals surface area (Å²) in [6.45, 7) is 0. The third-order valence-electron chi connectivity index (χ3n) is 2.25. The van der Waals surface area contributed by atoms with Crippen LogP contribution in [0.5, 0.6) is 0 Å². The molecule has 0 saturated heterocycles. The second-order valence-corrected chi connectivity index (χ2v) is 5.37. The van der Waals surface area contributed by atoms with E-state index in [-0.39, 0.29) is 0 Å². The molecule has 1 atom stereocenters. The van der Waals surface area contributed by atoms with E-state index in [1.165, 1.54) is 0 Å². The predicted molar refractivity (Wildman–Crippen MR) is 58.2 cm³/mol. The third kappa shape index (κ3) is 3.88. The Balaban J connectivity index is 3.16. The van der Waals surface area contributed by atoms with Crippen LogP contribution in [0, 0.1) is 5.82 Å². The molecule has 22 heavy (non-hydrogen) atoms. The fourth-order valence-electron chi connectivity index (χ4n) is 1.22. The fraction of sp³-hybridized carbons (Fsp3) is 0.300. The maximum absolute atomic E-state index is 13.1. The van der Waals surface area contributed by atoms with Gasteiger partial charge in [-0.2, -0.15) is 30.4 Å². The minimum atomic E-state index is -6.51. The van der Waals surface area contributed by atoms with Crippen molar-refractivity contribution in [2.24, 2.45) is 0 Å². The molecule has 0 aromatic heterocycles. The summed E-state index contributed by atoms with van der Waals surface area (Å²) in [7, 11) is -6.51. The highest BCUT2D eigenvalue weighted by Crippen LogP contribution is 2.38. The number of halogens is 6. The first kappa shape index (κ1) is 18.2. The molecule has 0 aliphatic heterocycles. The van der Waals surface area contributed by atoms with Crippen LogP contribution >= 0.6 is 0 Å². The first-order valence-corrected chi connectivity index (χ1v) is 6.59. The molecule has 0 aliphatic rings. The molecule has 124 valence electrons. The van der Waals surface area contributed by atoms with E-state index < -0.39 is 45.0 Å². The van der Waals surface area contributed by atoms with Gasteiger partial charge in [0.1, 0.15) is 5.82 Å². The van der Waals surface area contributed by atoms with E-state index >= 15 is 0 Å². The summed E-state index contributed by atoms with van der Waals surface area (Å²) >= 11 is 0. The summed E-state index contributed by atoms with van der Waals surface area (Å²) in [4.78, 5) is 11.3. The number of rotatable bonds is 4. The number of hydrogen-bond acceptors (Lipinski definition) is 4. The highest BCUT2D eigenvalue weighted by atomic mass is 32.2. The number of carbonyl (C=O) groups is 1. The molecular formula is C10H6F6O5S. The van der Waals surface area contributed by atoms with Crippen molar-refractivity contribution >= 4 is 16.1 Å². The van der Waals surface area contributed by atoms with Gasteiger partial charge in [0.25, 0.3) is 6.10 Å². The van der Waals surface area contributed by atoms with Crippen LogP contribution in [0.15, 0.2) is 24.3 Å². The monoisotopic (exact) mass is 352 g/mol. The van der Waals surface area contributed by atoms with Crippen LogP contribution in [-0.2, 0) is 14.9 Å². The van der Waals surface area contributed by atoms with Crippen molar-refractivity contribution in [1.29, 1.82) is 0 Å². The Morgan fingerprint density at radius 3 is 1.91 bits per heavy atom. The van der Waals surface area contributed by atoms with E-state index in [0.29, 0.717) is 24.3 Å². The van der Waals surface area contributed by atoms with Gasteiger partial charge in [0.05, 0.1) is 5.56 Å². The maximum Gasteiger partial charge on any atom is 0.432 e. The van der Waals surface area contributed by atoms with Crippen LogP contribution in [0.2, 0.25) is 0 Å². The summed E-state index contributed by atoms with van der Waals surface area (Å²) in [5, 5.41) is -5.82. The topological polar surface area (TPSA) is 80.7 Å². The Kier molecular flexibility index (Phi) is 4.77. The number of alkyl halides is 5. The average molecular weight is 352 g/mol. The molecule has 0 radical (unpaired) electrons. The second-order valence-electron chi connectivity index (χ2n) is 3.87. The molecule has 0 saturated carbocycles. The Bertz CT molecular complexity index is 651. The first-order chi connectivity index (χ1) is 9.76. The van der Waals surface area contributed by atoms with Gasteiger partial charge < -0.3 is 4.74 Å². The Morgan fingerprint density at radius 1 is 1.09 bits per heavy atom. The van der Waals surface area contributed by atoms with Gasteiger partial charge in [-0.1, -0.05) is 0 Å². The smallest absolute Gasteiger partial charge is 0.432 e. The van der Waals surface area contributed by atoms with E-state index in [4.69, 9.17) is 4.55 Å². The fourth-order valence-corrected chi connectivity index (χ4v) is 1.67. The molecule has 0 bridgehead atoms. The van der Waals surface area contributed by atoms with Gasteiger partial charge in [-0.3, -0.25) is 4.55 Å². The highest BCUT2D eigenvalue weighted by molar-refractivity contribution is 7.86. The van der Waals surface area contributed by atoms with Crippen LogP contribution < -0.4 is 0 Å². The van der Waals surface area contributed by atoms with E-state index in [9.17, 15) is 39.6 Å². The van der Waals surface area contributed by atoms with Crippen LogP contribution in [-0.4, -0.2) is 36.5 Å². The predicted octanol–water partition coefficient (Wildman–Crippen LogP) is 2.39. The van der Waals surface area contributed by atoms with Crippen LogP contribution in [0.1, 0.15) is 10.4 Å². The van der Waals surface area contributed by atoms with Crippen molar-refractivity contribution in [3.63, 3.8) is 0 Å². The van der Waals surface area contributed by atoms with Gasteiger partial charge in [-0.15, -0.1) is 0 Å². The van der Waals surface area contributed by atoms with Crippen molar-refractivity contribution in [2.45, 2.75) is 17.5 Å². The lowest BCUT2D eigenvalue weighted by Crippen LogP contribution is -2.52. The Labute approximate surface area is 119 Å². The number of carbonyl (C=O) groups excluding carboxylic acids is 1. The third-order valence-corrected chi connectivity index (χ3v) is 3.15. The molecule has 0 spiro atoms. The maximum atomic E-state index is 13.1. The highest BCUT2D eigenvalue weighted by Gasteiger charge is 2.66. The van der Waals surface area contributed by atoms with Crippen molar-refractivity contribution in [2.75, 3.05) is 0 Å². The molecule has 0 aliphatic carbocycles. The van der Waals surface area contributed by atoms with Gasteiger partial charge >= 0.3 is 27.5 Å². The standard InChI is InChI=1S/C10H6F6O5S/c11-6-3-1-5(2-4-6)7(17)21-8(9(12,13)14)10(15,16)22(18,19)20/h1-4,8H,(H,18,19,20). The number of hydrogen-bond donors (Lipinski definition) is 1. The minimum Gasteiger partial charge on any atom is -0.441 e. The van der Waals surface area contributed by atoms with Gasteiger partial charge in [0.15, 0.2) is 0 Å². The lowest BCUT2D eigenvalue weighted by Gasteiger charge is -2.26. The zero-order chi connectivity index (χ0) is 17.3. The molecular weight excluding hydrogens is 346 g/mol. The van der Waals surface area contributed by atoms with E-state index in [2.05, 4.69) is 4.74 Å². The SMILES string of the molecule is O=C(OC(C(F)(F)F)C(F)(F)S(=O)(=O)O)c1ccc(F)cc1. The average Bonchev–Trinajstić information content (AvgIpc) is 2.33. The van der Waals surface area contributed by atoms with E-state index in [1.807, 2.05) is 0 Å². The quantitative estimate of drug-likeness (QED) is 0.511. The van der Waals surface area contributed by atoms with E-state index in [0.717, 1.165) is 0 Å².